The molecule has 0 aliphatic heterocycles. The number of methoxy groups -OCH3 is 1. The van der Waals surface area contributed by atoms with Gasteiger partial charge in [0, 0.05) is 7.11 Å². The minimum Gasteiger partial charge on any atom is -0.458 e. The van der Waals surface area contributed by atoms with Gasteiger partial charge in [0.05, 0.1) is 9.90 Å². The molecule has 1 aromatic rings. The number of ether oxygens (including phenoxy) is 2. The molecule has 1 aromatic heterocycles. The largest absolute Gasteiger partial charge is 0.458 e. The van der Waals surface area contributed by atoms with Gasteiger partial charge in [0.1, 0.15) is 6.61 Å². The molecule has 0 N–H and O–H groups in total. The number of aromatic nitrogens is 1. The van der Waals surface area contributed by atoms with Crippen molar-refractivity contribution >= 4 is 40.7 Å². The van der Waals surface area contributed by atoms with Gasteiger partial charge in [0.2, 0.25) is 0 Å². The summed E-state index contributed by atoms with van der Waals surface area (Å²) in [5.74, 6) is -0.446. The molecule has 84 valence electrons. The second kappa shape index (κ2) is 5.65. The molecule has 0 aliphatic rings. The summed E-state index contributed by atoms with van der Waals surface area (Å²) in [6.07, 6.45) is -0.591. The van der Waals surface area contributed by atoms with Gasteiger partial charge in [-0.05, 0) is 18.5 Å². The number of nitrogens with zero attached hydrogens (tertiary/aromatic N) is 1. The smallest absolute Gasteiger partial charge is 0.335 e. The SMILES string of the molecule is CO[C@@H](C)C(=O)OCc1snc(Cl)c1Cl. The first-order chi connectivity index (χ1) is 7.06. The molecule has 7 heteroatoms. The first kappa shape index (κ1) is 12.7. The van der Waals surface area contributed by atoms with E-state index in [0.717, 1.165) is 11.5 Å². The zero-order chi connectivity index (χ0) is 11.4. The fraction of sp³-hybridized carbons (Fsp3) is 0.500. The number of hydrogen-bond donors (Lipinski definition) is 0. The Morgan fingerprint density at radius 2 is 2.27 bits per heavy atom. The van der Waals surface area contributed by atoms with Gasteiger partial charge in [-0.25, -0.2) is 4.79 Å². The second-order valence-electron chi connectivity index (χ2n) is 2.70. The van der Waals surface area contributed by atoms with Crippen molar-refractivity contribution < 1.29 is 14.3 Å². The Morgan fingerprint density at radius 1 is 1.60 bits per heavy atom. The van der Waals surface area contributed by atoms with Crippen LogP contribution in [0.15, 0.2) is 0 Å². The summed E-state index contributed by atoms with van der Waals surface area (Å²) in [6, 6.07) is 0. The summed E-state index contributed by atoms with van der Waals surface area (Å²) in [5.41, 5.74) is 0. The highest BCUT2D eigenvalue weighted by Crippen LogP contribution is 2.28. The van der Waals surface area contributed by atoms with E-state index in [-0.39, 0.29) is 11.8 Å². The topological polar surface area (TPSA) is 48.4 Å². The van der Waals surface area contributed by atoms with Crippen LogP contribution in [0.4, 0.5) is 0 Å². The summed E-state index contributed by atoms with van der Waals surface area (Å²) >= 11 is 12.5. The quantitative estimate of drug-likeness (QED) is 0.789. The third kappa shape index (κ3) is 3.31. The number of carbonyl (C=O) groups is 1. The summed E-state index contributed by atoms with van der Waals surface area (Å²) in [7, 11) is 1.43. The molecular weight excluding hydrogens is 261 g/mol. The van der Waals surface area contributed by atoms with Crippen LogP contribution < -0.4 is 0 Å². The van der Waals surface area contributed by atoms with Crippen LogP contribution in [0.1, 0.15) is 11.8 Å². The lowest BCUT2D eigenvalue weighted by Gasteiger charge is -2.08. The Kier molecular flexibility index (Phi) is 4.79. The standard InChI is InChI=1S/C8H9Cl2NO3S/c1-4(13-2)8(12)14-3-5-6(9)7(10)11-15-5/h4H,3H2,1-2H3/t4-/m0/s1. The average molecular weight is 270 g/mol. The molecule has 0 amide bonds. The molecule has 15 heavy (non-hydrogen) atoms. The Balaban J connectivity index is 2.51. The predicted octanol–water partition coefficient (Wildman–Crippen LogP) is 2.53. The van der Waals surface area contributed by atoms with E-state index < -0.39 is 12.1 Å². The molecule has 1 heterocycles. The highest BCUT2D eigenvalue weighted by atomic mass is 35.5. The van der Waals surface area contributed by atoms with Crippen LogP contribution in [-0.4, -0.2) is 23.6 Å². The first-order valence-corrected chi connectivity index (χ1v) is 5.58. The molecule has 0 saturated heterocycles. The van der Waals surface area contributed by atoms with Crippen LogP contribution in [0.2, 0.25) is 10.2 Å². The Morgan fingerprint density at radius 3 is 2.73 bits per heavy atom. The molecular formula is C8H9Cl2NO3S. The van der Waals surface area contributed by atoms with Crippen molar-refractivity contribution in [1.82, 2.24) is 4.37 Å². The normalized spacial score (nSPS) is 12.5. The van der Waals surface area contributed by atoms with Crippen molar-refractivity contribution in [3.05, 3.63) is 15.1 Å². The molecule has 0 radical (unpaired) electrons. The van der Waals surface area contributed by atoms with E-state index in [1.807, 2.05) is 0 Å². The Hall–Kier alpha value is -0.360. The summed E-state index contributed by atoms with van der Waals surface area (Å²) in [5, 5.41) is 0.562. The summed E-state index contributed by atoms with van der Waals surface area (Å²) < 4.78 is 13.5. The molecule has 4 nitrogen and oxygen atoms in total. The van der Waals surface area contributed by atoms with Crippen LogP contribution in [0, 0.1) is 0 Å². The molecule has 1 atom stereocenters. The van der Waals surface area contributed by atoms with Crippen molar-refractivity contribution in [1.29, 1.82) is 0 Å². The molecule has 0 spiro atoms. The second-order valence-corrected chi connectivity index (χ2v) is 4.29. The van der Waals surface area contributed by atoms with Crippen molar-refractivity contribution in [3.63, 3.8) is 0 Å². The lowest BCUT2D eigenvalue weighted by atomic mass is 10.4. The van der Waals surface area contributed by atoms with E-state index in [0.29, 0.717) is 9.90 Å². The van der Waals surface area contributed by atoms with Crippen LogP contribution in [-0.2, 0) is 20.9 Å². The predicted molar refractivity (Wildman–Crippen MR) is 58.4 cm³/mol. The average Bonchev–Trinajstić information content (AvgIpc) is 2.55. The number of esters is 1. The van der Waals surface area contributed by atoms with Crippen molar-refractivity contribution in [2.24, 2.45) is 0 Å². The van der Waals surface area contributed by atoms with Crippen LogP contribution in [0.25, 0.3) is 0 Å². The lowest BCUT2D eigenvalue weighted by molar-refractivity contribution is -0.155. The van der Waals surface area contributed by atoms with Gasteiger partial charge in [0.25, 0.3) is 0 Å². The third-order valence-corrected chi connectivity index (χ3v) is 3.50. The fourth-order valence-corrected chi connectivity index (χ4v) is 1.82. The minimum atomic E-state index is -0.591. The van der Waals surface area contributed by atoms with E-state index in [9.17, 15) is 4.79 Å². The summed E-state index contributed by atoms with van der Waals surface area (Å²) in [6.45, 7) is 1.67. The van der Waals surface area contributed by atoms with E-state index >= 15 is 0 Å². The van der Waals surface area contributed by atoms with Crippen LogP contribution >= 0.6 is 34.7 Å². The van der Waals surface area contributed by atoms with Gasteiger partial charge in [-0.1, -0.05) is 23.2 Å². The summed E-state index contributed by atoms with van der Waals surface area (Å²) in [4.78, 5) is 11.8. The zero-order valence-corrected chi connectivity index (χ0v) is 10.4. The van der Waals surface area contributed by atoms with Crippen LogP contribution in [0.3, 0.4) is 0 Å². The maximum Gasteiger partial charge on any atom is 0.335 e. The van der Waals surface area contributed by atoms with E-state index in [1.165, 1.54) is 7.11 Å². The highest BCUT2D eigenvalue weighted by molar-refractivity contribution is 7.06. The van der Waals surface area contributed by atoms with Crippen LogP contribution in [0.5, 0.6) is 0 Å². The third-order valence-electron chi connectivity index (χ3n) is 1.69. The van der Waals surface area contributed by atoms with Crippen molar-refractivity contribution in [2.75, 3.05) is 7.11 Å². The monoisotopic (exact) mass is 269 g/mol. The number of hydrogen-bond acceptors (Lipinski definition) is 5. The molecule has 0 bridgehead atoms. The number of halogens is 2. The molecule has 0 aliphatic carbocycles. The molecule has 0 saturated carbocycles. The number of carbonyl (C=O) groups excluding carboxylic acids is 1. The molecule has 0 aromatic carbocycles. The Labute approximate surface area is 101 Å². The maximum absolute atomic E-state index is 11.2. The molecule has 0 fully saturated rings. The highest BCUT2D eigenvalue weighted by Gasteiger charge is 2.16. The van der Waals surface area contributed by atoms with Crippen molar-refractivity contribution in [2.45, 2.75) is 19.6 Å². The first-order valence-electron chi connectivity index (χ1n) is 4.05. The van der Waals surface area contributed by atoms with Gasteiger partial charge < -0.3 is 9.47 Å². The van der Waals surface area contributed by atoms with E-state index in [1.54, 1.807) is 6.92 Å². The maximum atomic E-state index is 11.2. The van der Waals surface area contributed by atoms with Gasteiger partial charge >= 0.3 is 5.97 Å². The Bertz CT molecular complexity index is 356. The zero-order valence-electron chi connectivity index (χ0n) is 8.12. The van der Waals surface area contributed by atoms with Gasteiger partial charge in [-0.15, -0.1) is 0 Å². The molecule has 0 unspecified atom stereocenters. The van der Waals surface area contributed by atoms with Crippen molar-refractivity contribution in [3.8, 4) is 0 Å². The molecule has 1 rings (SSSR count). The van der Waals surface area contributed by atoms with E-state index in [4.69, 9.17) is 32.7 Å². The van der Waals surface area contributed by atoms with E-state index in [2.05, 4.69) is 4.37 Å². The van der Waals surface area contributed by atoms with Gasteiger partial charge in [-0.2, -0.15) is 4.37 Å². The minimum absolute atomic E-state index is 0.0652. The van der Waals surface area contributed by atoms with Gasteiger partial charge in [-0.3, -0.25) is 0 Å². The fourth-order valence-electron chi connectivity index (χ4n) is 0.730. The lowest BCUT2D eigenvalue weighted by Crippen LogP contribution is -2.21. The number of rotatable bonds is 4. The van der Waals surface area contributed by atoms with Gasteiger partial charge in [0.15, 0.2) is 11.3 Å².